The highest BCUT2D eigenvalue weighted by atomic mass is 32.2. The van der Waals surface area contributed by atoms with E-state index in [4.69, 9.17) is 0 Å². The summed E-state index contributed by atoms with van der Waals surface area (Å²) in [5, 5.41) is 3.03. The van der Waals surface area contributed by atoms with Crippen LogP contribution in [0.5, 0.6) is 0 Å². The molecule has 0 aromatic heterocycles. The van der Waals surface area contributed by atoms with Crippen LogP contribution >= 0.6 is 11.8 Å². The molecule has 1 aliphatic heterocycles. The standard InChI is InChI=1S/C15H26N2O2S/c1-11(10-20-3)9-17-12(2)13(18)16-15(14(17)19)7-5-4-6-8-15/h11-12H,4-10H2,1-3H3,(H,16,18). The number of carbonyl (C=O) groups excluding carboxylic acids is 2. The summed E-state index contributed by atoms with van der Waals surface area (Å²) in [4.78, 5) is 27.0. The second kappa shape index (κ2) is 6.37. The van der Waals surface area contributed by atoms with E-state index in [1.54, 1.807) is 11.8 Å². The van der Waals surface area contributed by atoms with E-state index < -0.39 is 5.54 Å². The highest BCUT2D eigenvalue weighted by Gasteiger charge is 2.49. The number of amides is 2. The molecule has 1 saturated carbocycles. The minimum atomic E-state index is -0.596. The third kappa shape index (κ3) is 2.97. The number of hydrogen-bond donors (Lipinski definition) is 1. The van der Waals surface area contributed by atoms with Gasteiger partial charge in [-0.05, 0) is 37.7 Å². The van der Waals surface area contributed by atoms with Gasteiger partial charge in [-0.1, -0.05) is 26.2 Å². The smallest absolute Gasteiger partial charge is 0.249 e. The SMILES string of the molecule is CSCC(C)CN1C(=O)C2(CCCCC2)NC(=O)C1C. The largest absolute Gasteiger partial charge is 0.340 e. The Morgan fingerprint density at radius 3 is 2.60 bits per heavy atom. The highest BCUT2D eigenvalue weighted by molar-refractivity contribution is 7.98. The lowest BCUT2D eigenvalue weighted by molar-refractivity contribution is -0.156. The Morgan fingerprint density at radius 1 is 1.35 bits per heavy atom. The van der Waals surface area contributed by atoms with Crippen LogP contribution in [-0.4, -0.2) is 46.8 Å². The molecule has 2 fully saturated rings. The zero-order chi connectivity index (χ0) is 14.8. The zero-order valence-corrected chi connectivity index (χ0v) is 13.6. The van der Waals surface area contributed by atoms with Crippen molar-refractivity contribution >= 4 is 23.6 Å². The van der Waals surface area contributed by atoms with E-state index in [0.717, 1.165) is 31.4 Å². The summed E-state index contributed by atoms with van der Waals surface area (Å²) in [6.45, 7) is 4.68. The average molecular weight is 298 g/mol. The van der Waals surface area contributed by atoms with Crippen molar-refractivity contribution in [3.8, 4) is 0 Å². The Balaban J connectivity index is 2.15. The third-order valence-corrected chi connectivity index (χ3v) is 5.45. The Bertz CT molecular complexity index is 380. The maximum atomic E-state index is 12.9. The van der Waals surface area contributed by atoms with Crippen LogP contribution in [0.25, 0.3) is 0 Å². The monoisotopic (exact) mass is 298 g/mol. The lowest BCUT2D eigenvalue weighted by Crippen LogP contribution is -2.70. The van der Waals surface area contributed by atoms with Crippen molar-refractivity contribution in [3.05, 3.63) is 0 Å². The van der Waals surface area contributed by atoms with Gasteiger partial charge in [-0.25, -0.2) is 0 Å². The molecule has 0 aromatic carbocycles. The Labute approximate surface area is 126 Å². The molecule has 2 rings (SSSR count). The average Bonchev–Trinajstić information content (AvgIpc) is 2.43. The maximum absolute atomic E-state index is 12.9. The van der Waals surface area contributed by atoms with Crippen molar-refractivity contribution in [2.45, 2.75) is 57.5 Å². The van der Waals surface area contributed by atoms with Crippen molar-refractivity contribution in [2.75, 3.05) is 18.6 Å². The molecular formula is C15H26N2O2S. The minimum absolute atomic E-state index is 0.0165. The fraction of sp³-hybridized carbons (Fsp3) is 0.867. The van der Waals surface area contributed by atoms with Crippen molar-refractivity contribution in [1.82, 2.24) is 10.2 Å². The van der Waals surface area contributed by atoms with Gasteiger partial charge >= 0.3 is 0 Å². The topological polar surface area (TPSA) is 49.4 Å². The predicted octanol–water partition coefficient (Wildman–Crippen LogP) is 2.04. The van der Waals surface area contributed by atoms with Crippen LogP contribution in [0.15, 0.2) is 0 Å². The Kier molecular flexibility index (Phi) is 4.99. The van der Waals surface area contributed by atoms with Gasteiger partial charge in [0.05, 0.1) is 0 Å². The number of thioether (sulfide) groups is 1. The molecule has 1 heterocycles. The first kappa shape index (κ1) is 15.7. The zero-order valence-electron chi connectivity index (χ0n) is 12.8. The summed E-state index contributed by atoms with van der Waals surface area (Å²) < 4.78 is 0. The first-order chi connectivity index (χ1) is 9.50. The third-order valence-electron chi connectivity index (χ3n) is 4.55. The van der Waals surface area contributed by atoms with Crippen molar-refractivity contribution in [3.63, 3.8) is 0 Å². The van der Waals surface area contributed by atoms with Crippen LogP contribution in [0.2, 0.25) is 0 Å². The molecule has 0 aromatic rings. The van der Waals surface area contributed by atoms with E-state index in [1.165, 1.54) is 6.42 Å². The fourth-order valence-corrected chi connectivity index (χ4v) is 4.07. The first-order valence-electron chi connectivity index (χ1n) is 7.62. The molecule has 5 heteroatoms. The van der Waals surface area contributed by atoms with Crippen LogP contribution in [0.4, 0.5) is 0 Å². The number of carbonyl (C=O) groups is 2. The molecule has 0 radical (unpaired) electrons. The van der Waals surface area contributed by atoms with Crippen LogP contribution < -0.4 is 5.32 Å². The molecule has 20 heavy (non-hydrogen) atoms. The van der Waals surface area contributed by atoms with Crippen LogP contribution in [0.3, 0.4) is 0 Å². The van der Waals surface area contributed by atoms with Crippen LogP contribution in [0, 0.1) is 5.92 Å². The van der Waals surface area contributed by atoms with Gasteiger partial charge in [0.15, 0.2) is 0 Å². The summed E-state index contributed by atoms with van der Waals surface area (Å²) in [7, 11) is 0. The quantitative estimate of drug-likeness (QED) is 0.864. The van der Waals surface area contributed by atoms with E-state index in [9.17, 15) is 9.59 Å². The van der Waals surface area contributed by atoms with E-state index in [1.807, 2.05) is 11.8 Å². The number of piperazine rings is 1. The van der Waals surface area contributed by atoms with E-state index in [2.05, 4.69) is 18.5 Å². The second-order valence-corrected chi connectivity index (χ2v) is 7.24. The summed E-state index contributed by atoms with van der Waals surface area (Å²) in [5.41, 5.74) is -0.596. The van der Waals surface area contributed by atoms with Gasteiger partial charge in [0, 0.05) is 6.54 Å². The van der Waals surface area contributed by atoms with Gasteiger partial charge in [-0.3, -0.25) is 9.59 Å². The normalized spacial score (nSPS) is 27.6. The summed E-state index contributed by atoms with van der Waals surface area (Å²) in [5.74, 6) is 1.61. The molecular weight excluding hydrogens is 272 g/mol. The minimum Gasteiger partial charge on any atom is -0.340 e. The lowest BCUT2D eigenvalue weighted by Gasteiger charge is -2.47. The van der Waals surface area contributed by atoms with Crippen molar-refractivity contribution in [2.24, 2.45) is 5.92 Å². The highest BCUT2D eigenvalue weighted by Crippen LogP contribution is 2.33. The Hall–Kier alpha value is -0.710. The summed E-state index contributed by atoms with van der Waals surface area (Å²) in [6.07, 6.45) is 6.93. The molecule has 4 nitrogen and oxygen atoms in total. The summed E-state index contributed by atoms with van der Waals surface area (Å²) in [6, 6.07) is -0.334. The van der Waals surface area contributed by atoms with Gasteiger partial charge < -0.3 is 10.2 Å². The number of hydrogen-bond acceptors (Lipinski definition) is 3. The van der Waals surface area contributed by atoms with Crippen molar-refractivity contribution in [1.29, 1.82) is 0 Å². The molecule has 2 amide bonds. The van der Waals surface area contributed by atoms with E-state index >= 15 is 0 Å². The van der Waals surface area contributed by atoms with Gasteiger partial charge in [0.1, 0.15) is 11.6 Å². The molecule has 114 valence electrons. The maximum Gasteiger partial charge on any atom is 0.249 e. The molecule has 1 saturated heterocycles. The Morgan fingerprint density at radius 2 is 2.00 bits per heavy atom. The van der Waals surface area contributed by atoms with Crippen LogP contribution in [-0.2, 0) is 9.59 Å². The molecule has 1 N–H and O–H groups in total. The fourth-order valence-electron chi connectivity index (χ4n) is 3.39. The molecule has 2 atom stereocenters. The summed E-state index contributed by atoms with van der Waals surface area (Å²) >= 11 is 1.79. The molecule has 1 aliphatic carbocycles. The van der Waals surface area contributed by atoms with Gasteiger partial charge in [0.25, 0.3) is 0 Å². The lowest BCUT2D eigenvalue weighted by atomic mass is 9.78. The molecule has 2 unspecified atom stereocenters. The van der Waals surface area contributed by atoms with Gasteiger partial charge in [0.2, 0.25) is 11.8 Å². The van der Waals surface area contributed by atoms with E-state index in [0.29, 0.717) is 12.5 Å². The van der Waals surface area contributed by atoms with Gasteiger partial charge in [-0.2, -0.15) is 11.8 Å². The second-order valence-electron chi connectivity index (χ2n) is 6.33. The number of rotatable bonds is 4. The molecule has 1 spiro atoms. The molecule has 2 aliphatic rings. The number of nitrogens with zero attached hydrogens (tertiary/aromatic N) is 1. The van der Waals surface area contributed by atoms with Gasteiger partial charge in [-0.15, -0.1) is 0 Å². The van der Waals surface area contributed by atoms with Crippen molar-refractivity contribution < 1.29 is 9.59 Å². The first-order valence-corrected chi connectivity index (χ1v) is 9.01. The predicted molar refractivity (Wildman–Crippen MR) is 82.7 cm³/mol. The van der Waals surface area contributed by atoms with Crippen LogP contribution in [0.1, 0.15) is 46.0 Å². The molecule has 0 bridgehead atoms. The number of nitrogens with one attached hydrogen (secondary N) is 1. The van der Waals surface area contributed by atoms with E-state index in [-0.39, 0.29) is 17.9 Å².